The molecule has 0 saturated heterocycles. The van der Waals surface area contributed by atoms with Crippen LogP contribution in [0.4, 0.5) is 17.5 Å². The van der Waals surface area contributed by atoms with Crippen LogP contribution in [0.2, 0.25) is 0 Å². The predicted molar refractivity (Wildman–Crippen MR) is 84.2 cm³/mol. The number of nitrogens with zero attached hydrogens (tertiary/aromatic N) is 5. The smallest absolute Gasteiger partial charge is 0.390 e. The summed E-state index contributed by atoms with van der Waals surface area (Å²) in [6, 6.07) is 9.21. The van der Waals surface area contributed by atoms with Gasteiger partial charge in [0.05, 0.1) is 5.56 Å². The zero-order valence-corrected chi connectivity index (χ0v) is 12.2. The SMILES string of the molecule is Cc1ccccc1Nc1cc(-c2cncnc2)nc([N+](=O)[O-])n1. The number of nitrogens with one attached hydrogen (secondary N) is 1. The summed E-state index contributed by atoms with van der Waals surface area (Å²) in [7, 11) is 0. The van der Waals surface area contributed by atoms with Crippen LogP contribution >= 0.6 is 0 Å². The summed E-state index contributed by atoms with van der Waals surface area (Å²) >= 11 is 0. The van der Waals surface area contributed by atoms with Gasteiger partial charge in [-0.05, 0) is 28.5 Å². The summed E-state index contributed by atoms with van der Waals surface area (Å²) < 4.78 is 0. The molecule has 0 bridgehead atoms. The Kier molecular flexibility index (Phi) is 3.88. The van der Waals surface area contributed by atoms with Crippen LogP contribution in [0.5, 0.6) is 0 Å². The molecule has 0 unspecified atom stereocenters. The summed E-state index contributed by atoms with van der Waals surface area (Å²) in [5, 5.41) is 14.2. The second-order valence-corrected chi connectivity index (χ2v) is 4.76. The van der Waals surface area contributed by atoms with Gasteiger partial charge in [0, 0.05) is 24.1 Å². The maximum Gasteiger partial charge on any atom is 0.471 e. The van der Waals surface area contributed by atoms with Crippen LogP contribution in [0, 0.1) is 17.0 Å². The Morgan fingerprint density at radius 3 is 2.57 bits per heavy atom. The van der Waals surface area contributed by atoms with Crippen LogP contribution in [0.25, 0.3) is 11.3 Å². The molecular formula is C15H12N6O2. The molecule has 0 amide bonds. The molecule has 2 aromatic heterocycles. The largest absolute Gasteiger partial charge is 0.471 e. The van der Waals surface area contributed by atoms with E-state index in [4.69, 9.17) is 0 Å². The fourth-order valence-electron chi connectivity index (χ4n) is 2.01. The molecule has 1 aromatic carbocycles. The van der Waals surface area contributed by atoms with E-state index in [1.165, 1.54) is 18.7 Å². The van der Waals surface area contributed by atoms with Crippen LogP contribution in [-0.2, 0) is 0 Å². The van der Waals surface area contributed by atoms with Gasteiger partial charge >= 0.3 is 5.95 Å². The van der Waals surface area contributed by atoms with E-state index in [1.54, 1.807) is 6.07 Å². The van der Waals surface area contributed by atoms with Gasteiger partial charge in [-0.25, -0.2) is 9.97 Å². The van der Waals surface area contributed by atoms with Crippen LogP contribution < -0.4 is 5.32 Å². The van der Waals surface area contributed by atoms with E-state index < -0.39 is 10.9 Å². The third-order valence-electron chi connectivity index (χ3n) is 3.14. The third-order valence-corrected chi connectivity index (χ3v) is 3.14. The van der Waals surface area contributed by atoms with Gasteiger partial charge in [-0.3, -0.25) is 0 Å². The highest BCUT2D eigenvalue weighted by Gasteiger charge is 2.18. The lowest BCUT2D eigenvalue weighted by atomic mass is 10.2. The van der Waals surface area contributed by atoms with Crippen molar-refractivity contribution in [3.05, 3.63) is 64.7 Å². The van der Waals surface area contributed by atoms with Gasteiger partial charge in [0.15, 0.2) is 5.69 Å². The van der Waals surface area contributed by atoms with Gasteiger partial charge in [-0.2, -0.15) is 0 Å². The Morgan fingerprint density at radius 1 is 1.13 bits per heavy atom. The average Bonchev–Trinajstić information content (AvgIpc) is 2.57. The highest BCUT2D eigenvalue weighted by Crippen LogP contribution is 2.24. The number of aromatic nitrogens is 4. The zero-order chi connectivity index (χ0) is 16.2. The normalized spacial score (nSPS) is 10.3. The van der Waals surface area contributed by atoms with E-state index in [-0.39, 0.29) is 0 Å². The number of hydrogen-bond donors (Lipinski definition) is 1. The zero-order valence-electron chi connectivity index (χ0n) is 12.2. The quantitative estimate of drug-likeness (QED) is 0.583. The van der Waals surface area contributed by atoms with Crippen molar-refractivity contribution in [2.45, 2.75) is 6.92 Å². The molecule has 114 valence electrons. The fraction of sp³-hybridized carbons (Fsp3) is 0.0667. The van der Waals surface area contributed by atoms with Gasteiger partial charge in [0.2, 0.25) is 5.82 Å². The summed E-state index contributed by atoms with van der Waals surface area (Å²) in [6.45, 7) is 1.93. The van der Waals surface area contributed by atoms with Gasteiger partial charge in [0.25, 0.3) is 0 Å². The lowest BCUT2D eigenvalue weighted by Crippen LogP contribution is -2.03. The van der Waals surface area contributed by atoms with E-state index in [9.17, 15) is 10.1 Å². The summed E-state index contributed by atoms with van der Waals surface area (Å²) in [4.78, 5) is 26.1. The molecule has 0 aliphatic rings. The van der Waals surface area contributed by atoms with E-state index in [0.29, 0.717) is 17.1 Å². The number of hydrogen-bond acceptors (Lipinski definition) is 7. The van der Waals surface area contributed by atoms with Crippen molar-refractivity contribution >= 4 is 17.5 Å². The predicted octanol–water partition coefficient (Wildman–Crippen LogP) is 2.89. The van der Waals surface area contributed by atoms with Crippen LogP contribution in [0.3, 0.4) is 0 Å². The topological polar surface area (TPSA) is 107 Å². The van der Waals surface area contributed by atoms with E-state index in [0.717, 1.165) is 11.3 Å². The minimum absolute atomic E-state index is 0.333. The van der Waals surface area contributed by atoms with Crippen molar-refractivity contribution in [2.75, 3.05) is 5.32 Å². The monoisotopic (exact) mass is 308 g/mol. The molecule has 8 heteroatoms. The van der Waals surface area contributed by atoms with Gasteiger partial charge in [-0.15, -0.1) is 0 Å². The average molecular weight is 308 g/mol. The molecule has 0 atom stereocenters. The number of nitro groups is 1. The number of para-hydroxylation sites is 1. The van der Waals surface area contributed by atoms with Crippen LogP contribution in [0.15, 0.2) is 49.1 Å². The summed E-state index contributed by atoms with van der Waals surface area (Å²) in [6.07, 6.45) is 4.46. The molecule has 1 N–H and O–H groups in total. The molecule has 2 heterocycles. The molecule has 0 aliphatic carbocycles. The Balaban J connectivity index is 2.05. The fourth-order valence-corrected chi connectivity index (χ4v) is 2.01. The van der Waals surface area contributed by atoms with Gasteiger partial charge < -0.3 is 15.4 Å². The minimum Gasteiger partial charge on any atom is -0.390 e. The van der Waals surface area contributed by atoms with Crippen molar-refractivity contribution in [1.29, 1.82) is 0 Å². The molecular weight excluding hydrogens is 296 g/mol. The first-order chi connectivity index (χ1) is 11.1. The number of benzene rings is 1. The first-order valence-corrected chi connectivity index (χ1v) is 6.75. The van der Waals surface area contributed by atoms with Gasteiger partial charge in [0.1, 0.15) is 6.33 Å². The molecule has 0 saturated carbocycles. The third kappa shape index (κ3) is 3.26. The van der Waals surface area contributed by atoms with Crippen molar-refractivity contribution in [2.24, 2.45) is 0 Å². The second kappa shape index (κ2) is 6.14. The van der Waals surface area contributed by atoms with Gasteiger partial charge in [-0.1, -0.05) is 23.2 Å². The van der Waals surface area contributed by atoms with Crippen molar-refractivity contribution in [1.82, 2.24) is 19.9 Å². The van der Waals surface area contributed by atoms with E-state index >= 15 is 0 Å². The van der Waals surface area contributed by atoms with Crippen molar-refractivity contribution < 1.29 is 4.92 Å². The maximum atomic E-state index is 11.1. The highest BCUT2D eigenvalue weighted by molar-refractivity contribution is 5.66. The summed E-state index contributed by atoms with van der Waals surface area (Å²) in [5.74, 6) is -0.151. The molecule has 8 nitrogen and oxygen atoms in total. The van der Waals surface area contributed by atoms with Crippen molar-refractivity contribution in [3.8, 4) is 11.3 Å². The summed E-state index contributed by atoms with van der Waals surface area (Å²) in [5.41, 5.74) is 2.77. The molecule has 3 rings (SSSR count). The Bertz CT molecular complexity index is 854. The first-order valence-electron chi connectivity index (χ1n) is 6.75. The minimum atomic E-state index is -0.629. The Morgan fingerprint density at radius 2 is 1.87 bits per heavy atom. The lowest BCUT2D eigenvalue weighted by Gasteiger charge is -2.07. The Labute approximate surface area is 131 Å². The molecule has 23 heavy (non-hydrogen) atoms. The first kappa shape index (κ1) is 14.5. The van der Waals surface area contributed by atoms with Crippen molar-refractivity contribution in [3.63, 3.8) is 0 Å². The standard InChI is InChI=1S/C15H12N6O2/c1-10-4-2-3-5-12(10)18-14-6-13(11-7-16-9-17-8-11)19-15(20-14)21(22)23/h2-9H,1H3,(H,18,19,20). The van der Waals surface area contributed by atoms with E-state index in [1.807, 2.05) is 31.2 Å². The van der Waals surface area contributed by atoms with Crippen LogP contribution in [-0.4, -0.2) is 24.9 Å². The molecule has 0 radical (unpaired) electrons. The molecule has 0 fully saturated rings. The molecule has 3 aromatic rings. The Hall–Kier alpha value is -3.42. The lowest BCUT2D eigenvalue weighted by molar-refractivity contribution is -0.394. The van der Waals surface area contributed by atoms with E-state index in [2.05, 4.69) is 25.3 Å². The van der Waals surface area contributed by atoms with Crippen LogP contribution in [0.1, 0.15) is 5.56 Å². The maximum absolute atomic E-state index is 11.1. The number of rotatable bonds is 4. The number of aryl methyl sites for hydroxylation is 1. The molecule has 0 aliphatic heterocycles. The number of anilines is 2. The highest BCUT2D eigenvalue weighted by atomic mass is 16.6. The second-order valence-electron chi connectivity index (χ2n) is 4.76. The molecule has 0 spiro atoms.